The molecule has 8 nitrogen and oxygen atoms in total. The van der Waals surface area contributed by atoms with Gasteiger partial charge in [-0.2, -0.15) is 0 Å². The quantitative estimate of drug-likeness (QED) is 0.415. The molecule has 0 aliphatic carbocycles. The van der Waals surface area contributed by atoms with Crippen LogP contribution in [0.15, 0.2) is 77.2 Å². The number of hydrogen-bond donors (Lipinski definition) is 1. The molecule has 1 heterocycles. The van der Waals surface area contributed by atoms with Gasteiger partial charge in [-0.15, -0.1) is 10.2 Å². The Morgan fingerprint density at radius 1 is 0.848 bits per heavy atom. The summed E-state index contributed by atoms with van der Waals surface area (Å²) in [6.07, 6.45) is -0.796. The maximum atomic E-state index is 12.7. The monoisotopic (exact) mass is 445 g/mol. The second kappa shape index (κ2) is 9.86. The Bertz CT molecular complexity index is 1240. The van der Waals surface area contributed by atoms with Crippen LogP contribution in [0.4, 0.5) is 5.69 Å². The van der Waals surface area contributed by atoms with E-state index >= 15 is 0 Å². The van der Waals surface area contributed by atoms with Crippen LogP contribution < -0.4 is 19.5 Å². The van der Waals surface area contributed by atoms with Crippen LogP contribution in [0.25, 0.3) is 22.9 Å². The highest BCUT2D eigenvalue weighted by Crippen LogP contribution is 2.32. The zero-order valence-corrected chi connectivity index (χ0v) is 18.4. The van der Waals surface area contributed by atoms with E-state index in [0.29, 0.717) is 40.3 Å². The molecule has 33 heavy (non-hydrogen) atoms. The van der Waals surface area contributed by atoms with E-state index in [0.717, 1.165) is 5.56 Å². The number of rotatable bonds is 8. The van der Waals surface area contributed by atoms with Crippen LogP contribution in [-0.2, 0) is 4.79 Å². The van der Waals surface area contributed by atoms with E-state index in [1.54, 1.807) is 44.4 Å². The topological polar surface area (TPSA) is 95.7 Å². The van der Waals surface area contributed by atoms with Crippen molar-refractivity contribution in [3.63, 3.8) is 0 Å². The molecule has 0 fully saturated rings. The fourth-order valence-electron chi connectivity index (χ4n) is 3.18. The van der Waals surface area contributed by atoms with E-state index in [-0.39, 0.29) is 5.91 Å². The van der Waals surface area contributed by atoms with Crippen molar-refractivity contribution in [1.29, 1.82) is 0 Å². The molecule has 8 heteroatoms. The number of nitrogens with one attached hydrogen (secondary N) is 1. The molecule has 0 saturated carbocycles. The Balaban J connectivity index is 1.50. The predicted octanol–water partition coefficient (Wildman–Crippen LogP) is 4.83. The summed E-state index contributed by atoms with van der Waals surface area (Å²) < 4.78 is 22.3. The van der Waals surface area contributed by atoms with Crippen LogP contribution >= 0.6 is 0 Å². The van der Waals surface area contributed by atoms with Crippen molar-refractivity contribution in [3.05, 3.63) is 72.8 Å². The van der Waals surface area contributed by atoms with E-state index in [4.69, 9.17) is 18.6 Å². The average molecular weight is 445 g/mol. The Morgan fingerprint density at radius 2 is 1.55 bits per heavy atom. The van der Waals surface area contributed by atoms with Gasteiger partial charge in [-0.05, 0) is 43.3 Å². The summed E-state index contributed by atoms with van der Waals surface area (Å²) in [5.74, 6) is 1.92. The lowest BCUT2D eigenvalue weighted by atomic mass is 10.2. The van der Waals surface area contributed by atoms with Gasteiger partial charge in [0.2, 0.25) is 5.89 Å². The van der Waals surface area contributed by atoms with E-state index in [2.05, 4.69) is 15.5 Å². The SMILES string of the molecule is COc1ccc(NC(=O)[C@H](C)Oc2ccccc2-c2nnc(-c3ccccc3)o2)cc1OC. The maximum Gasteiger partial charge on any atom is 0.265 e. The van der Waals surface area contributed by atoms with Gasteiger partial charge in [0.1, 0.15) is 5.75 Å². The van der Waals surface area contributed by atoms with E-state index in [1.165, 1.54) is 7.11 Å². The summed E-state index contributed by atoms with van der Waals surface area (Å²) in [7, 11) is 3.09. The predicted molar refractivity (Wildman–Crippen MR) is 123 cm³/mol. The molecule has 4 aromatic rings. The number of aromatic nitrogens is 2. The summed E-state index contributed by atoms with van der Waals surface area (Å²) in [5.41, 5.74) is 1.97. The first-order valence-electron chi connectivity index (χ1n) is 10.3. The Morgan fingerprint density at radius 3 is 2.30 bits per heavy atom. The lowest BCUT2D eigenvalue weighted by Crippen LogP contribution is -2.30. The van der Waals surface area contributed by atoms with Crippen molar-refractivity contribution in [2.45, 2.75) is 13.0 Å². The normalized spacial score (nSPS) is 11.5. The van der Waals surface area contributed by atoms with Gasteiger partial charge in [-0.1, -0.05) is 30.3 Å². The molecular weight excluding hydrogens is 422 g/mol. The second-order valence-corrected chi connectivity index (χ2v) is 7.09. The van der Waals surface area contributed by atoms with Gasteiger partial charge in [0.15, 0.2) is 17.6 Å². The van der Waals surface area contributed by atoms with Gasteiger partial charge in [0, 0.05) is 17.3 Å². The second-order valence-electron chi connectivity index (χ2n) is 7.09. The summed E-state index contributed by atoms with van der Waals surface area (Å²) >= 11 is 0. The third-order valence-corrected chi connectivity index (χ3v) is 4.89. The Kier molecular flexibility index (Phi) is 6.54. The van der Waals surface area contributed by atoms with Crippen LogP contribution in [0.2, 0.25) is 0 Å². The Hall–Kier alpha value is -4.33. The largest absolute Gasteiger partial charge is 0.493 e. The molecule has 0 aliphatic rings. The van der Waals surface area contributed by atoms with Crippen LogP contribution in [0.1, 0.15) is 6.92 Å². The molecular formula is C25H23N3O5. The van der Waals surface area contributed by atoms with Crippen LogP contribution in [0.3, 0.4) is 0 Å². The van der Waals surface area contributed by atoms with E-state index < -0.39 is 6.10 Å². The number of methoxy groups -OCH3 is 2. The van der Waals surface area contributed by atoms with Gasteiger partial charge in [0.25, 0.3) is 11.8 Å². The highest BCUT2D eigenvalue weighted by molar-refractivity contribution is 5.94. The summed E-state index contributed by atoms with van der Waals surface area (Å²) in [6, 6.07) is 21.8. The number of hydrogen-bond acceptors (Lipinski definition) is 7. The number of carbonyl (C=O) groups is 1. The molecule has 1 atom stereocenters. The minimum Gasteiger partial charge on any atom is -0.493 e. The van der Waals surface area contributed by atoms with Crippen molar-refractivity contribution < 1.29 is 23.4 Å². The van der Waals surface area contributed by atoms with Crippen molar-refractivity contribution >= 4 is 11.6 Å². The lowest BCUT2D eigenvalue weighted by molar-refractivity contribution is -0.122. The third-order valence-electron chi connectivity index (χ3n) is 4.89. The highest BCUT2D eigenvalue weighted by Gasteiger charge is 2.20. The molecule has 0 unspecified atom stereocenters. The Labute approximate surface area is 191 Å². The number of amides is 1. The van der Waals surface area contributed by atoms with Crippen molar-refractivity contribution in [2.24, 2.45) is 0 Å². The zero-order chi connectivity index (χ0) is 23.2. The molecule has 3 aromatic carbocycles. The van der Waals surface area contributed by atoms with Crippen molar-refractivity contribution in [1.82, 2.24) is 10.2 Å². The molecule has 0 aliphatic heterocycles. The average Bonchev–Trinajstić information content (AvgIpc) is 3.35. The number of para-hydroxylation sites is 1. The number of benzene rings is 3. The first kappa shape index (κ1) is 21.9. The number of anilines is 1. The van der Waals surface area contributed by atoms with Crippen LogP contribution in [0.5, 0.6) is 17.2 Å². The summed E-state index contributed by atoms with van der Waals surface area (Å²) in [6.45, 7) is 1.66. The summed E-state index contributed by atoms with van der Waals surface area (Å²) in [5, 5.41) is 11.1. The minimum absolute atomic E-state index is 0.303. The molecule has 168 valence electrons. The van der Waals surface area contributed by atoms with Gasteiger partial charge in [-0.25, -0.2) is 0 Å². The van der Waals surface area contributed by atoms with Crippen molar-refractivity contribution in [2.75, 3.05) is 19.5 Å². The zero-order valence-electron chi connectivity index (χ0n) is 18.4. The molecule has 0 spiro atoms. The van der Waals surface area contributed by atoms with E-state index in [1.807, 2.05) is 42.5 Å². The first-order chi connectivity index (χ1) is 16.1. The van der Waals surface area contributed by atoms with Crippen molar-refractivity contribution in [3.8, 4) is 40.2 Å². The first-order valence-corrected chi connectivity index (χ1v) is 10.3. The van der Waals surface area contributed by atoms with Crippen LogP contribution in [0, 0.1) is 0 Å². The molecule has 0 radical (unpaired) electrons. The maximum absolute atomic E-state index is 12.7. The number of carbonyl (C=O) groups excluding carboxylic acids is 1. The van der Waals surface area contributed by atoms with Gasteiger partial charge < -0.3 is 23.9 Å². The highest BCUT2D eigenvalue weighted by atomic mass is 16.5. The fourth-order valence-corrected chi connectivity index (χ4v) is 3.18. The molecule has 0 bridgehead atoms. The van der Waals surface area contributed by atoms with E-state index in [9.17, 15) is 4.79 Å². The molecule has 1 N–H and O–H groups in total. The van der Waals surface area contributed by atoms with Gasteiger partial charge in [0.05, 0.1) is 19.8 Å². The molecule has 1 amide bonds. The lowest BCUT2D eigenvalue weighted by Gasteiger charge is -2.17. The number of nitrogens with zero attached hydrogens (tertiary/aromatic N) is 2. The molecule has 0 saturated heterocycles. The van der Waals surface area contributed by atoms with Crippen LogP contribution in [-0.4, -0.2) is 36.4 Å². The molecule has 1 aromatic heterocycles. The smallest absolute Gasteiger partial charge is 0.265 e. The third kappa shape index (κ3) is 4.95. The standard InChI is InChI=1S/C25H23N3O5/c1-16(23(29)26-18-13-14-21(30-2)22(15-18)31-3)32-20-12-8-7-11-19(20)25-28-27-24(33-25)17-9-5-4-6-10-17/h4-16H,1-3H3,(H,26,29)/t16-/m0/s1. The fraction of sp³-hybridized carbons (Fsp3) is 0.160. The molecule has 4 rings (SSSR count). The summed E-state index contributed by atoms with van der Waals surface area (Å²) in [4.78, 5) is 12.7. The number of ether oxygens (including phenoxy) is 3. The minimum atomic E-state index is -0.796. The van der Waals surface area contributed by atoms with Gasteiger partial charge in [-0.3, -0.25) is 4.79 Å². The van der Waals surface area contributed by atoms with Gasteiger partial charge >= 0.3 is 0 Å².